The van der Waals surface area contributed by atoms with Crippen LogP contribution >= 0.6 is 0 Å². The van der Waals surface area contributed by atoms with Crippen LogP contribution in [0.15, 0.2) is 18.3 Å². The molecular weight excluding hydrogens is 194 g/mol. The number of anilines is 3. The minimum Gasteiger partial charge on any atom is -0.427 e. The second kappa shape index (κ2) is 2.81. The van der Waals surface area contributed by atoms with Gasteiger partial charge in [0.15, 0.2) is 5.49 Å². The van der Waals surface area contributed by atoms with E-state index in [1.165, 1.54) is 6.20 Å². The number of aromatic nitrogens is 1. The molecule has 0 aliphatic rings. The Labute approximate surface area is 85.0 Å². The van der Waals surface area contributed by atoms with E-state index in [1.54, 1.807) is 12.1 Å². The van der Waals surface area contributed by atoms with Crippen molar-refractivity contribution in [1.82, 2.24) is 4.73 Å². The number of benzene rings is 1. The van der Waals surface area contributed by atoms with Crippen molar-refractivity contribution >= 4 is 27.8 Å². The summed E-state index contributed by atoms with van der Waals surface area (Å²) >= 11 is 0. The molecule has 0 atom stereocenters. The van der Waals surface area contributed by atoms with Crippen LogP contribution in [0.1, 0.15) is 0 Å². The quantitative estimate of drug-likeness (QED) is 0.309. The van der Waals surface area contributed by atoms with Gasteiger partial charge in [-0.25, -0.2) is 0 Å². The lowest BCUT2D eigenvalue weighted by Crippen LogP contribution is -2.20. The number of nitrogens with one attached hydrogen (secondary N) is 1. The lowest BCUT2D eigenvalue weighted by Gasteiger charge is -2.10. The van der Waals surface area contributed by atoms with Gasteiger partial charge in [-0.3, -0.25) is 5.41 Å². The SMILES string of the molecule is N=c1c2c(N)ccc(N)c2c(N)cn1O. The number of fused-ring (bicyclic) bond motifs is 1. The van der Waals surface area contributed by atoms with Crippen molar-refractivity contribution in [2.45, 2.75) is 0 Å². The number of pyridine rings is 1. The van der Waals surface area contributed by atoms with Crippen LogP contribution in [-0.2, 0) is 0 Å². The van der Waals surface area contributed by atoms with Crippen LogP contribution < -0.4 is 22.7 Å². The smallest absolute Gasteiger partial charge is 0.170 e. The zero-order valence-electron chi connectivity index (χ0n) is 7.86. The Hall–Kier alpha value is -2.37. The molecule has 0 amide bonds. The van der Waals surface area contributed by atoms with Crippen LogP contribution in [0.25, 0.3) is 10.8 Å². The molecule has 0 aliphatic carbocycles. The van der Waals surface area contributed by atoms with Crippen molar-refractivity contribution in [2.24, 2.45) is 0 Å². The molecule has 0 saturated carbocycles. The molecule has 1 heterocycles. The Kier molecular flexibility index (Phi) is 1.72. The first-order chi connectivity index (χ1) is 7.02. The van der Waals surface area contributed by atoms with Gasteiger partial charge < -0.3 is 22.4 Å². The molecule has 0 fully saturated rings. The number of nitrogens with two attached hydrogens (primary N) is 3. The van der Waals surface area contributed by atoms with Crippen molar-refractivity contribution in [1.29, 1.82) is 5.41 Å². The Balaban J connectivity index is 3.16. The van der Waals surface area contributed by atoms with Crippen molar-refractivity contribution < 1.29 is 5.21 Å². The first-order valence-electron chi connectivity index (χ1n) is 4.25. The molecule has 8 N–H and O–H groups in total. The van der Waals surface area contributed by atoms with E-state index in [4.69, 9.17) is 22.6 Å². The molecule has 0 saturated heterocycles. The summed E-state index contributed by atoms with van der Waals surface area (Å²) in [7, 11) is 0. The van der Waals surface area contributed by atoms with E-state index in [-0.39, 0.29) is 11.2 Å². The van der Waals surface area contributed by atoms with E-state index in [0.29, 0.717) is 26.9 Å². The second-order valence-electron chi connectivity index (χ2n) is 3.27. The minimum atomic E-state index is -0.135. The first-order valence-corrected chi connectivity index (χ1v) is 4.25. The Morgan fingerprint density at radius 3 is 2.13 bits per heavy atom. The zero-order valence-corrected chi connectivity index (χ0v) is 7.86. The fourth-order valence-electron chi connectivity index (χ4n) is 1.58. The molecule has 1 aromatic carbocycles. The van der Waals surface area contributed by atoms with Crippen LogP contribution in [0, 0.1) is 5.41 Å². The van der Waals surface area contributed by atoms with Gasteiger partial charge in [-0.05, 0) is 12.1 Å². The number of rotatable bonds is 0. The number of nitrogen functional groups attached to an aromatic ring is 3. The van der Waals surface area contributed by atoms with E-state index >= 15 is 0 Å². The van der Waals surface area contributed by atoms with Gasteiger partial charge in [-0.1, -0.05) is 0 Å². The van der Waals surface area contributed by atoms with E-state index < -0.39 is 0 Å². The molecule has 0 unspecified atom stereocenters. The van der Waals surface area contributed by atoms with E-state index in [0.717, 1.165) is 0 Å². The fourth-order valence-corrected chi connectivity index (χ4v) is 1.58. The van der Waals surface area contributed by atoms with Crippen molar-refractivity contribution in [3.63, 3.8) is 0 Å². The molecule has 6 nitrogen and oxygen atoms in total. The molecule has 0 aliphatic heterocycles. The summed E-state index contributed by atoms with van der Waals surface area (Å²) in [6, 6.07) is 3.20. The van der Waals surface area contributed by atoms with Gasteiger partial charge in [0.25, 0.3) is 0 Å². The predicted molar refractivity (Wildman–Crippen MR) is 58.2 cm³/mol. The van der Waals surface area contributed by atoms with Crippen LogP contribution in [0.3, 0.4) is 0 Å². The van der Waals surface area contributed by atoms with Crippen molar-refractivity contribution in [2.75, 3.05) is 17.2 Å². The summed E-state index contributed by atoms with van der Waals surface area (Å²) in [6.45, 7) is 0. The maximum atomic E-state index is 9.37. The molecule has 2 rings (SSSR count). The summed E-state index contributed by atoms with van der Waals surface area (Å²) < 4.78 is 0.619. The fraction of sp³-hybridized carbons (Fsp3) is 0. The molecule has 2 aromatic rings. The average molecular weight is 205 g/mol. The highest BCUT2D eigenvalue weighted by atomic mass is 16.5. The molecular formula is C9H11N5O. The molecule has 0 bridgehead atoms. The lowest BCUT2D eigenvalue weighted by atomic mass is 10.1. The van der Waals surface area contributed by atoms with E-state index in [1.807, 2.05) is 0 Å². The number of hydrogen-bond acceptors (Lipinski definition) is 5. The van der Waals surface area contributed by atoms with Crippen molar-refractivity contribution in [3.05, 3.63) is 23.8 Å². The van der Waals surface area contributed by atoms with Crippen molar-refractivity contribution in [3.8, 4) is 0 Å². The van der Waals surface area contributed by atoms with Crippen LogP contribution in [-0.4, -0.2) is 9.94 Å². The largest absolute Gasteiger partial charge is 0.427 e. The van der Waals surface area contributed by atoms with Crippen LogP contribution in [0.2, 0.25) is 0 Å². The summed E-state index contributed by atoms with van der Waals surface area (Å²) in [4.78, 5) is 0. The second-order valence-corrected chi connectivity index (χ2v) is 3.27. The highest BCUT2D eigenvalue weighted by Gasteiger charge is 2.09. The number of hydrogen-bond donors (Lipinski definition) is 5. The Bertz CT molecular complexity index is 601. The normalized spacial score (nSPS) is 10.7. The topological polar surface area (TPSA) is 127 Å². The maximum absolute atomic E-state index is 9.37. The highest BCUT2D eigenvalue weighted by molar-refractivity contribution is 6.06. The van der Waals surface area contributed by atoms with E-state index in [2.05, 4.69) is 0 Å². The third-order valence-electron chi connectivity index (χ3n) is 2.29. The minimum absolute atomic E-state index is 0.135. The first kappa shape index (κ1) is 9.20. The van der Waals surface area contributed by atoms with Gasteiger partial charge in [-0.15, -0.1) is 0 Å². The van der Waals surface area contributed by atoms with Gasteiger partial charge in [0.2, 0.25) is 0 Å². The number of nitrogens with zero attached hydrogens (tertiary/aromatic N) is 1. The monoisotopic (exact) mass is 205 g/mol. The Morgan fingerprint density at radius 2 is 1.53 bits per heavy atom. The zero-order chi connectivity index (χ0) is 11.2. The average Bonchev–Trinajstić information content (AvgIpc) is 2.18. The molecule has 6 heteroatoms. The molecule has 0 spiro atoms. The van der Waals surface area contributed by atoms with Crippen LogP contribution in [0.5, 0.6) is 0 Å². The summed E-state index contributed by atoms with van der Waals surface area (Å²) in [5, 5.41) is 17.9. The van der Waals surface area contributed by atoms with Gasteiger partial charge in [0, 0.05) is 16.8 Å². The maximum Gasteiger partial charge on any atom is 0.170 e. The third kappa shape index (κ3) is 1.15. The van der Waals surface area contributed by atoms with E-state index in [9.17, 15) is 5.21 Å². The molecule has 15 heavy (non-hydrogen) atoms. The van der Waals surface area contributed by atoms with Gasteiger partial charge >= 0.3 is 0 Å². The predicted octanol–water partition coefficient (Wildman–Crippen LogP) is 0.105. The van der Waals surface area contributed by atoms with Gasteiger partial charge in [0.05, 0.1) is 17.3 Å². The molecule has 1 aromatic heterocycles. The van der Waals surface area contributed by atoms with Gasteiger partial charge in [0.1, 0.15) is 0 Å². The summed E-state index contributed by atoms with van der Waals surface area (Å²) in [5.41, 5.74) is 18.1. The Morgan fingerprint density at radius 1 is 1.00 bits per heavy atom. The van der Waals surface area contributed by atoms with Crippen LogP contribution in [0.4, 0.5) is 17.1 Å². The lowest BCUT2D eigenvalue weighted by molar-refractivity contribution is 0.173. The highest BCUT2D eigenvalue weighted by Crippen LogP contribution is 2.27. The molecule has 0 radical (unpaired) electrons. The standard InChI is InChI=1S/C9H11N5O/c10-4-1-2-5(11)8-7(4)6(12)3-14(15)9(8)13/h1-3,13,15H,10-12H2. The molecule has 78 valence electrons. The van der Waals surface area contributed by atoms with Gasteiger partial charge in [-0.2, -0.15) is 4.73 Å². The summed E-state index contributed by atoms with van der Waals surface area (Å²) in [6.07, 6.45) is 1.22. The summed E-state index contributed by atoms with van der Waals surface area (Å²) in [5.74, 6) is 0. The third-order valence-corrected chi connectivity index (χ3v) is 2.29.